The van der Waals surface area contributed by atoms with Crippen LogP contribution in [0.4, 0.5) is 0 Å². The van der Waals surface area contributed by atoms with Crippen molar-refractivity contribution in [1.29, 1.82) is 0 Å². The lowest BCUT2D eigenvalue weighted by atomic mass is 10.2. The molecule has 0 aromatic heterocycles. The lowest BCUT2D eigenvalue weighted by molar-refractivity contribution is 0.101. The quantitative estimate of drug-likeness (QED) is 0.651. The second-order valence-electron chi connectivity index (χ2n) is 2.53. The van der Waals surface area contributed by atoms with Gasteiger partial charge in [0.15, 0.2) is 5.78 Å². The summed E-state index contributed by atoms with van der Waals surface area (Å²) >= 11 is 0. The predicted octanol–water partition coefficient (Wildman–Crippen LogP) is 1.63. The Bertz CT molecular complexity index is 281. The van der Waals surface area contributed by atoms with E-state index in [-0.39, 0.29) is 5.78 Å². The van der Waals surface area contributed by atoms with E-state index in [1.54, 1.807) is 30.5 Å². The van der Waals surface area contributed by atoms with E-state index >= 15 is 0 Å². The Morgan fingerprint density at radius 3 is 2.08 bits per heavy atom. The van der Waals surface area contributed by atoms with Crippen molar-refractivity contribution in [2.24, 2.45) is 0 Å². The Kier molecular flexibility index (Phi) is 2.76. The molecule has 0 aliphatic heterocycles. The summed E-state index contributed by atoms with van der Waals surface area (Å²) in [4.78, 5) is 11.6. The van der Waals surface area contributed by atoms with Gasteiger partial charge in [-0.1, -0.05) is 12.1 Å². The molecule has 0 spiro atoms. The molecule has 0 amide bonds. The molecule has 1 rings (SSSR count). The Morgan fingerprint density at radius 1 is 1.25 bits per heavy atom. The standard InChI is InChI=1S/C9H10O2S/c1-7(10)8-3-5-9(6-4-8)12(2)11/h3-6H,1-2H3/t12-/m1/s1. The van der Waals surface area contributed by atoms with Crippen molar-refractivity contribution in [3.8, 4) is 0 Å². The van der Waals surface area contributed by atoms with Crippen molar-refractivity contribution in [1.82, 2.24) is 0 Å². The Labute approximate surface area is 74.1 Å². The summed E-state index contributed by atoms with van der Waals surface area (Å²) in [7, 11) is -0.962. The minimum atomic E-state index is -0.962. The third kappa shape index (κ3) is 2.01. The maximum atomic E-state index is 11.0. The average molecular weight is 182 g/mol. The number of rotatable bonds is 2. The van der Waals surface area contributed by atoms with Gasteiger partial charge in [-0.15, -0.1) is 0 Å². The van der Waals surface area contributed by atoms with Gasteiger partial charge >= 0.3 is 0 Å². The highest BCUT2D eigenvalue weighted by molar-refractivity contribution is 7.84. The first-order valence-corrected chi connectivity index (χ1v) is 5.11. The van der Waals surface area contributed by atoms with Gasteiger partial charge in [0.1, 0.15) is 0 Å². The zero-order valence-corrected chi connectivity index (χ0v) is 7.85. The highest BCUT2D eigenvalue weighted by atomic mass is 32.2. The number of ketones is 1. The first kappa shape index (κ1) is 9.13. The van der Waals surface area contributed by atoms with E-state index in [0.29, 0.717) is 5.56 Å². The number of Topliss-reactive ketones (excluding diaryl/α,β-unsaturated/α-hetero) is 1. The van der Waals surface area contributed by atoms with Gasteiger partial charge in [-0.05, 0) is 19.1 Å². The molecule has 0 aliphatic carbocycles. The molecule has 1 aromatic carbocycles. The van der Waals surface area contributed by atoms with Crippen LogP contribution in [0.1, 0.15) is 17.3 Å². The van der Waals surface area contributed by atoms with E-state index in [2.05, 4.69) is 0 Å². The Balaban J connectivity index is 3.01. The predicted molar refractivity (Wildman–Crippen MR) is 48.8 cm³/mol. The molecular weight excluding hydrogens is 172 g/mol. The molecule has 0 saturated heterocycles. The van der Waals surface area contributed by atoms with Crippen LogP contribution in [0, 0.1) is 0 Å². The van der Waals surface area contributed by atoms with Crippen LogP contribution in [0.5, 0.6) is 0 Å². The smallest absolute Gasteiger partial charge is 0.159 e. The van der Waals surface area contributed by atoms with Crippen molar-refractivity contribution >= 4 is 16.6 Å². The third-order valence-electron chi connectivity index (χ3n) is 1.59. The summed E-state index contributed by atoms with van der Waals surface area (Å²) in [5, 5.41) is 0. The molecule has 0 fully saturated rings. The van der Waals surface area contributed by atoms with E-state index < -0.39 is 10.8 Å². The van der Waals surface area contributed by atoms with Gasteiger partial charge < -0.3 is 0 Å². The molecule has 2 nitrogen and oxygen atoms in total. The van der Waals surface area contributed by atoms with Gasteiger partial charge in [0.25, 0.3) is 0 Å². The molecule has 0 N–H and O–H groups in total. The maximum Gasteiger partial charge on any atom is 0.159 e. The Morgan fingerprint density at radius 2 is 1.75 bits per heavy atom. The molecule has 0 saturated carbocycles. The second kappa shape index (κ2) is 3.63. The summed E-state index contributed by atoms with van der Waals surface area (Å²) in [6.07, 6.45) is 1.61. The first-order valence-electron chi connectivity index (χ1n) is 3.55. The number of benzene rings is 1. The average Bonchev–Trinajstić information content (AvgIpc) is 2.04. The van der Waals surface area contributed by atoms with Gasteiger partial charge in [0.05, 0.1) is 0 Å². The first-order chi connectivity index (χ1) is 5.61. The normalized spacial score (nSPS) is 12.5. The van der Waals surface area contributed by atoms with Gasteiger partial charge in [-0.2, -0.15) is 0 Å². The highest BCUT2D eigenvalue weighted by Gasteiger charge is 2.00. The molecule has 1 atom stereocenters. The molecule has 12 heavy (non-hydrogen) atoms. The van der Waals surface area contributed by atoms with Gasteiger partial charge in [-0.3, -0.25) is 9.00 Å². The van der Waals surface area contributed by atoms with Crippen LogP contribution in [-0.4, -0.2) is 16.2 Å². The van der Waals surface area contributed by atoms with Crippen LogP contribution in [0.25, 0.3) is 0 Å². The van der Waals surface area contributed by atoms with E-state index in [1.165, 1.54) is 6.92 Å². The van der Waals surface area contributed by atoms with Crippen LogP contribution in [0.2, 0.25) is 0 Å². The maximum absolute atomic E-state index is 11.0. The lowest BCUT2D eigenvalue weighted by Crippen LogP contribution is -1.93. The molecule has 0 unspecified atom stereocenters. The zero-order valence-electron chi connectivity index (χ0n) is 7.03. The summed E-state index contributed by atoms with van der Waals surface area (Å²) < 4.78 is 11.0. The van der Waals surface area contributed by atoms with E-state index in [1.807, 2.05) is 0 Å². The summed E-state index contributed by atoms with van der Waals surface area (Å²) in [5.74, 6) is 0.0310. The second-order valence-corrected chi connectivity index (χ2v) is 3.91. The van der Waals surface area contributed by atoms with E-state index in [9.17, 15) is 9.00 Å². The molecule has 0 radical (unpaired) electrons. The van der Waals surface area contributed by atoms with Crippen LogP contribution in [0.3, 0.4) is 0 Å². The molecule has 0 heterocycles. The number of hydrogen-bond donors (Lipinski definition) is 0. The highest BCUT2D eigenvalue weighted by Crippen LogP contribution is 2.07. The summed E-state index contributed by atoms with van der Waals surface area (Å²) in [5.41, 5.74) is 0.657. The third-order valence-corrected chi connectivity index (χ3v) is 2.53. The lowest BCUT2D eigenvalue weighted by Gasteiger charge is -1.97. The minimum Gasteiger partial charge on any atom is -0.295 e. The zero-order chi connectivity index (χ0) is 9.14. The largest absolute Gasteiger partial charge is 0.295 e. The summed E-state index contributed by atoms with van der Waals surface area (Å²) in [6.45, 7) is 1.51. The van der Waals surface area contributed by atoms with Crippen LogP contribution >= 0.6 is 0 Å². The number of carbonyl (C=O) groups is 1. The van der Waals surface area contributed by atoms with Gasteiger partial charge in [0, 0.05) is 27.5 Å². The Hall–Kier alpha value is -0.960. The molecule has 0 bridgehead atoms. The molecule has 1 aromatic rings. The monoisotopic (exact) mass is 182 g/mol. The van der Waals surface area contributed by atoms with Gasteiger partial charge in [-0.25, -0.2) is 0 Å². The van der Waals surface area contributed by atoms with Crippen molar-refractivity contribution in [2.75, 3.05) is 6.26 Å². The van der Waals surface area contributed by atoms with E-state index in [0.717, 1.165) is 4.90 Å². The van der Waals surface area contributed by atoms with Crippen molar-refractivity contribution in [3.05, 3.63) is 29.8 Å². The van der Waals surface area contributed by atoms with Crippen LogP contribution in [-0.2, 0) is 10.8 Å². The molecule has 3 heteroatoms. The fraction of sp³-hybridized carbons (Fsp3) is 0.222. The molecular formula is C9H10O2S. The van der Waals surface area contributed by atoms with E-state index in [4.69, 9.17) is 0 Å². The van der Waals surface area contributed by atoms with Crippen LogP contribution in [0.15, 0.2) is 29.2 Å². The topological polar surface area (TPSA) is 34.1 Å². The minimum absolute atomic E-state index is 0.0310. The van der Waals surface area contributed by atoms with Crippen molar-refractivity contribution in [2.45, 2.75) is 11.8 Å². The fourth-order valence-corrected chi connectivity index (χ4v) is 1.40. The number of carbonyl (C=O) groups excluding carboxylic acids is 1. The molecule has 0 aliphatic rings. The van der Waals surface area contributed by atoms with Crippen LogP contribution < -0.4 is 0 Å². The van der Waals surface area contributed by atoms with Gasteiger partial charge in [0.2, 0.25) is 0 Å². The molecule has 64 valence electrons. The number of hydrogen-bond acceptors (Lipinski definition) is 2. The van der Waals surface area contributed by atoms with Crippen molar-refractivity contribution < 1.29 is 9.00 Å². The van der Waals surface area contributed by atoms with Crippen molar-refractivity contribution in [3.63, 3.8) is 0 Å². The summed E-state index contributed by atoms with van der Waals surface area (Å²) in [6, 6.07) is 6.82. The SMILES string of the molecule is CC(=O)c1ccc([S@@](C)=O)cc1. The fourth-order valence-electron chi connectivity index (χ4n) is 0.881.